The summed E-state index contributed by atoms with van der Waals surface area (Å²) in [7, 11) is 0. The minimum absolute atomic E-state index is 0.0962. The van der Waals surface area contributed by atoms with E-state index in [1.165, 1.54) is 12.8 Å². The van der Waals surface area contributed by atoms with E-state index in [1.54, 1.807) is 0 Å². The number of nitrogens with zero attached hydrogens (tertiary/aromatic N) is 3. The van der Waals surface area contributed by atoms with Crippen LogP contribution >= 0.6 is 0 Å². The highest BCUT2D eigenvalue weighted by molar-refractivity contribution is 5.94. The Morgan fingerprint density at radius 2 is 1.42 bits per heavy atom. The Kier molecular flexibility index (Phi) is 6.67. The molecule has 5 nitrogen and oxygen atoms in total. The van der Waals surface area contributed by atoms with Crippen LogP contribution in [0.5, 0.6) is 0 Å². The van der Waals surface area contributed by atoms with E-state index in [2.05, 4.69) is 9.80 Å². The minimum atomic E-state index is -0.0973. The molecule has 5 heteroatoms. The van der Waals surface area contributed by atoms with Crippen molar-refractivity contribution in [2.75, 3.05) is 39.3 Å². The monoisotopic (exact) mass is 357 g/mol. The fraction of sp³-hybridized carbons (Fsp3) is 0.619. The van der Waals surface area contributed by atoms with Crippen LogP contribution in [0.2, 0.25) is 0 Å². The molecule has 2 heterocycles. The van der Waals surface area contributed by atoms with Crippen LogP contribution in [-0.4, -0.2) is 71.8 Å². The van der Waals surface area contributed by atoms with E-state index in [9.17, 15) is 9.59 Å². The van der Waals surface area contributed by atoms with Crippen LogP contribution in [0, 0.1) is 0 Å². The average molecular weight is 357 g/mol. The number of carbonyl (C=O) groups excluding carboxylic acids is 2. The molecule has 2 aliphatic heterocycles. The first kappa shape index (κ1) is 18.9. The third-order valence-electron chi connectivity index (χ3n) is 5.66. The first-order valence-electron chi connectivity index (χ1n) is 10.0. The van der Waals surface area contributed by atoms with Gasteiger partial charge < -0.3 is 9.80 Å². The zero-order chi connectivity index (χ0) is 18.4. The molecule has 0 N–H and O–H groups in total. The summed E-state index contributed by atoms with van der Waals surface area (Å²) in [6, 6.07) is 9.38. The van der Waals surface area contributed by atoms with Gasteiger partial charge >= 0.3 is 0 Å². The van der Waals surface area contributed by atoms with Crippen molar-refractivity contribution in [1.82, 2.24) is 14.7 Å². The molecule has 0 bridgehead atoms. The molecule has 3 rings (SSSR count). The van der Waals surface area contributed by atoms with Gasteiger partial charge in [0.25, 0.3) is 5.91 Å². The molecule has 1 atom stereocenters. The number of likely N-dealkylation sites (tertiary alicyclic amines) is 1. The fourth-order valence-corrected chi connectivity index (χ4v) is 4.00. The highest BCUT2D eigenvalue weighted by atomic mass is 16.2. The first-order valence-corrected chi connectivity index (χ1v) is 10.0. The van der Waals surface area contributed by atoms with Crippen molar-refractivity contribution >= 4 is 11.8 Å². The Morgan fingerprint density at radius 1 is 0.769 bits per heavy atom. The summed E-state index contributed by atoms with van der Waals surface area (Å²) in [4.78, 5) is 31.8. The molecule has 0 aliphatic carbocycles. The van der Waals surface area contributed by atoms with Crippen LogP contribution in [0.4, 0.5) is 0 Å². The van der Waals surface area contributed by atoms with Gasteiger partial charge in [0, 0.05) is 44.8 Å². The van der Waals surface area contributed by atoms with Gasteiger partial charge in [0.1, 0.15) is 0 Å². The van der Waals surface area contributed by atoms with Gasteiger partial charge in [-0.3, -0.25) is 14.5 Å². The van der Waals surface area contributed by atoms with Crippen molar-refractivity contribution in [2.45, 2.75) is 45.1 Å². The molecule has 2 saturated heterocycles. The van der Waals surface area contributed by atoms with Gasteiger partial charge in [0.15, 0.2) is 0 Å². The van der Waals surface area contributed by atoms with Crippen LogP contribution in [-0.2, 0) is 4.79 Å². The standard InChI is InChI=1S/C21H31N3O2/c1-18(20(25)23-12-7-2-3-8-13-23)22-14-9-15-24(17-16-22)21(26)19-10-5-4-6-11-19/h4-6,10-11,18H,2-3,7-9,12-17H2,1H3. The molecular weight excluding hydrogens is 326 g/mol. The van der Waals surface area contributed by atoms with Crippen molar-refractivity contribution in [2.24, 2.45) is 0 Å². The maximum absolute atomic E-state index is 12.9. The lowest BCUT2D eigenvalue weighted by Crippen LogP contribution is -2.48. The lowest BCUT2D eigenvalue weighted by atomic mass is 10.2. The van der Waals surface area contributed by atoms with Crippen LogP contribution in [0.3, 0.4) is 0 Å². The van der Waals surface area contributed by atoms with Gasteiger partial charge in [0.05, 0.1) is 6.04 Å². The van der Waals surface area contributed by atoms with Crippen molar-refractivity contribution in [3.05, 3.63) is 35.9 Å². The number of amides is 2. The van der Waals surface area contributed by atoms with Gasteiger partial charge in [-0.15, -0.1) is 0 Å². The second-order valence-corrected chi connectivity index (χ2v) is 7.46. The minimum Gasteiger partial charge on any atom is -0.341 e. The summed E-state index contributed by atoms with van der Waals surface area (Å²) in [5.74, 6) is 0.355. The molecule has 1 unspecified atom stereocenters. The van der Waals surface area contributed by atoms with Gasteiger partial charge in [0.2, 0.25) is 5.91 Å². The maximum atomic E-state index is 12.9. The smallest absolute Gasteiger partial charge is 0.253 e. The lowest BCUT2D eigenvalue weighted by molar-refractivity contribution is -0.136. The molecule has 1 aromatic carbocycles. The summed E-state index contributed by atoms with van der Waals surface area (Å²) in [5.41, 5.74) is 0.745. The van der Waals surface area contributed by atoms with Crippen molar-refractivity contribution in [3.63, 3.8) is 0 Å². The highest BCUT2D eigenvalue weighted by Gasteiger charge is 2.29. The van der Waals surface area contributed by atoms with Crippen LogP contribution in [0.25, 0.3) is 0 Å². The maximum Gasteiger partial charge on any atom is 0.253 e. The SMILES string of the molecule is CC(C(=O)N1CCCCCC1)N1CCCN(C(=O)c2ccccc2)CC1. The molecule has 26 heavy (non-hydrogen) atoms. The van der Waals surface area contributed by atoms with Crippen molar-refractivity contribution in [1.29, 1.82) is 0 Å². The third-order valence-corrected chi connectivity index (χ3v) is 5.66. The summed E-state index contributed by atoms with van der Waals surface area (Å²) < 4.78 is 0. The molecule has 0 saturated carbocycles. The van der Waals surface area contributed by atoms with Gasteiger partial charge in [-0.05, 0) is 38.3 Å². The van der Waals surface area contributed by atoms with E-state index in [0.29, 0.717) is 6.54 Å². The van der Waals surface area contributed by atoms with Gasteiger partial charge in [-0.2, -0.15) is 0 Å². The second-order valence-electron chi connectivity index (χ2n) is 7.46. The Labute approximate surface area is 156 Å². The van der Waals surface area contributed by atoms with Crippen LogP contribution in [0.15, 0.2) is 30.3 Å². The number of hydrogen-bond acceptors (Lipinski definition) is 3. The predicted molar refractivity (Wildman–Crippen MR) is 103 cm³/mol. The second kappa shape index (κ2) is 9.17. The molecule has 2 aliphatic rings. The molecule has 2 amide bonds. The Hall–Kier alpha value is -1.88. The molecule has 142 valence electrons. The van der Waals surface area contributed by atoms with Crippen molar-refractivity contribution < 1.29 is 9.59 Å². The molecule has 0 radical (unpaired) electrons. The quantitative estimate of drug-likeness (QED) is 0.835. The van der Waals surface area contributed by atoms with Crippen molar-refractivity contribution in [3.8, 4) is 0 Å². The van der Waals surface area contributed by atoms with E-state index < -0.39 is 0 Å². The van der Waals surface area contributed by atoms with E-state index in [0.717, 1.165) is 57.5 Å². The molecule has 2 fully saturated rings. The first-order chi connectivity index (χ1) is 12.7. The fourth-order valence-electron chi connectivity index (χ4n) is 4.00. The predicted octanol–water partition coefficient (Wildman–Crippen LogP) is 2.63. The summed E-state index contributed by atoms with van der Waals surface area (Å²) >= 11 is 0. The Morgan fingerprint density at radius 3 is 2.12 bits per heavy atom. The normalized spacial score (nSPS) is 21.0. The topological polar surface area (TPSA) is 43.9 Å². The largest absolute Gasteiger partial charge is 0.341 e. The number of hydrogen-bond donors (Lipinski definition) is 0. The summed E-state index contributed by atoms with van der Waals surface area (Å²) in [5, 5.41) is 0. The number of rotatable bonds is 3. The van der Waals surface area contributed by atoms with E-state index >= 15 is 0 Å². The lowest BCUT2D eigenvalue weighted by Gasteiger charge is -2.31. The zero-order valence-corrected chi connectivity index (χ0v) is 15.9. The molecule has 0 spiro atoms. The van der Waals surface area contributed by atoms with Crippen LogP contribution in [0.1, 0.15) is 49.4 Å². The highest BCUT2D eigenvalue weighted by Crippen LogP contribution is 2.15. The summed E-state index contributed by atoms with van der Waals surface area (Å²) in [6.07, 6.45) is 5.63. The van der Waals surface area contributed by atoms with E-state index in [-0.39, 0.29) is 17.9 Å². The molecule has 0 aromatic heterocycles. The molecular formula is C21H31N3O2. The van der Waals surface area contributed by atoms with Crippen LogP contribution < -0.4 is 0 Å². The molecule has 1 aromatic rings. The zero-order valence-electron chi connectivity index (χ0n) is 15.9. The third kappa shape index (κ3) is 4.64. The van der Waals surface area contributed by atoms with Gasteiger partial charge in [-0.1, -0.05) is 31.0 Å². The Bertz CT molecular complexity index is 597. The number of benzene rings is 1. The average Bonchev–Trinajstić information content (AvgIpc) is 3.10. The van der Waals surface area contributed by atoms with E-state index in [4.69, 9.17) is 0 Å². The number of carbonyl (C=O) groups is 2. The van der Waals surface area contributed by atoms with E-state index in [1.807, 2.05) is 42.2 Å². The Balaban J connectivity index is 1.57. The summed E-state index contributed by atoms with van der Waals surface area (Å²) in [6.45, 7) is 6.91. The van der Waals surface area contributed by atoms with Gasteiger partial charge in [-0.25, -0.2) is 0 Å².